The number of ether oxygens (including phenoxy) is 1. The Bertz CT molecular complexity index is 644. The SMILES string of the molecule is COCCCNC(=S)Nc1ncn(Cc2c(Cl)cccc2Cl)n1. The van der Waals surface area contributed by atoms with E-state index in [0.717, 1.165) is 18.5 Å². The molecule has 0 saturated carbocycles. The molecule has 23 heavy (non-hydrogen) atoms. The summed E-state index contributed by atoms with van der Waals surface area (Å²) in [5, 5.41) is 11.9. The number of hydrogen-bond acceptors (Lipinski definition) is 4. The first-order valence-electron chi connectivity index (χ1n) is 6.96. The lowest BCUT2D eigenvalue weighted by atomic mass is 10.2. The second-order valence-electron chi connectivity index (χ2n) is 4.69. The van der Waals surface area contributed by atoms with Crippen molar-refractivity contribution in [2.45, 2.75) is 13.0 Å². The fourth-order valence-electron chi connectivity index (χ4n) is 1.84. The standard InChI is InChI=1S/C14H17Cl2N5OS/c1-22-7-3-6-17-14(23)19-13-18-9-21(20-13)8-10-11(15)4-2-5-12(10)16/h2,4-5,9H,3,6-8H2,1H3,(H2,17,19,20,23). The van der Waals surface area contributed by atoms with Crippen LogP contribution in [0.2, 0.25) is 10.0 Å². The Morgan fingerprint density at radius 1 is 1.35 bits per heavy atom. The van der Waals surface area contributed by atoms with Gasteiger partial charge in [0, 0.05) is 35.9 Å². The van der Waals surface area contributed by atoms with Crippen LogP contribution < -0.4 is 10.6 Å². The molecule has 1 heterocycles. The van der Waals surface area contributed by atoms with Gasteiger partial charge in [-0.2, -0.15) is 0 Å². The highest BCUT2D eigenvalue weighted by atomic mass is 35.5. The summed E-state index contributed by atoms with van der Waals surface area (Å²) < 4.78 is 6.61. The minimum Gasteiger partial charge on any atom is -0.385 e. The van der Waals surface area contributed by atoms with Crippen LogP contribution in [0.25, 0.3) is 0 Å². The van der Waals surface area contributed by atoms with Crippen LogP contribution in [-0.2, 0) is 11.3 Å². The van der Waals surface area contributed by atoms with Crippen LogP contribution in [0.15, 0.2) is 24.5 Å². The van der Waals surface area contributed by atoms with E-state index in [0.29, 0.717) is 34.3 Å². The van der Waals surface area contributed by atoms with E-state index in [1.54, 1.807) is 36.3 Å². The van der Waals surface area contributed by atoms with Gasteiger partial charge in [-0.1, -0.05) is 29.3 Å². The summed E-state index contributed by atoms with van der Waals surface area (Å²) in [5.74, 6) is 0.414. The van der Waals surface area contributed by atoms with E-state index >= 15 is 0 Å². The lowest BCUT2D eigenvalue weighted by Crippen LogP contribution is -2.30. The number of nitrogens with one attached hydrogen (secondary N) is 2. The molecule has 0 amide bonds. The van der Waals surface area contributed by atoms with Gasteiger partial charge < -0.3 is 10.1 Å². The Kier molecular flexibility index (Phi) is 7.04. The fourth-order valence-corrected chi connectivity index (χ4v) is 2.55. The predicted octanol–water partition coefficient (Wildman–Crippen LogP) is 2.96. The van der Waals surface area contributed by atoms with Gasteiger partial charge in [0.15, 0.2) is 5.11 Å². The summed E-state index contributed by atoms with van der Waals surface area (Å²) >= 11 is 17.5. The Labute approximate surface area is 150 Å². The molecule has 0 spiro atoms. The number of halogens is 2. The number of anilines is 1. The van der Waals surface area contributed by atoms with Crippen molar-refractivity contribution in [2.24, 2.45) is 0 Å². The third kappa shape index (κ3) is 5.62. The fraction of sp³-hybridized carbons (Fsp3) is 0.357. The summed E-state index contributed by atoms with van der Waals surface area (Å²) in [6.07, 6.45) is 2.46. The molecule has 2 rings (SSSR count). The number of aromatic nitrogens is 3. The van der Waals surface area contributed by atoms with Gasteiger partial charge in [-0.3, -0.25) is 5.32 Å². The lowest BCUT2D eigenvalue weighted by molar-refractivity contribution is 0.196. The van der Waals surface area contributed by atoms with E-state index < -0.39 is 0 Å². The molecule has 0 aliphatic carbocycles. The molecule has 1 aromatic heterocycles. The zero-order valence-electron chi connectivity index (χ0n) is 12.6. The number of rotatable bonds is 7. The van der Waals surface area contributed by atoms with Crippen LogP contribution in [-0.4, -0.2) is 40.1 Å². The highest BCUT2D eigenvalue weighted by Gasteiger charge is 2.08. The topological polar surface area (TPSA) is 64.0 Å². The molecule has 2 aromatic rings. The predicted molar refractivity (Wildman–Crippen MR) is 96.3 cm³/mol. The van der Waals surface area contributed by atoms with E-state index in [1.165, 1.54) is 0 Å². The molecule has 0 saturated heterocycles. The summed E-state index contributed by atoms with van der Waals surface area (Å²) in [5.41, 5.74) is 0.799. The summed E-state index contributed by atoms with van der Waals surface area (Å²) in [6.45, 7) is 1.83. The van der Waals surface area contributed by atoms with Gasteiger partial charge in [0.05, 0.1) is 6.54 Å². The smallest absolute Gasteiger partial charge is 0.248 e. The van der Waals surface area contributed by atoms with Crippen LogP contribution in [0.3, 0.4) is 0 Å². The summed E-state index contributed by atoms with van der Waals surface area (Å²) in [4.78, 5) is 4.16. The van der Waals surface area contributed by atoms with E-state index in [9.17, 15) is 0 Å². The van der Waals surface area contributed by atoms with E-state index in [2.05, 4.69) is 20.7 Å². The number of nitrogens with zero attached hydrogens (tertiary/aromatic N) is 3. The first-order chi connectivity index (χ1) is 11.1. The van der Waals surface area contributed by atoms with Crippen LogP contribution in [0.1, 0.15) is 12.0 Å². The molecule has 0 radical (unpaired) electrons. The van der Waals surface area contributed by atoms with Crippen molar-refractivity contribution in [1.29, 1.82) is 0 Å². The van der Waals surface area contributed by atoms with Crippen molar-refractivity contribution in [2.75, 3.05) is 25.6 Å². The van der Waals surface area contributed by atoms with Gasteiger partial charge in [-0.25, -0.2) is 9.67 Å². The third-order valence-corrected chi connectivity index (χ3v) is 3.91. The highest BCUT2D eigenvalue weighted by Crippen LogP contribution is 2.24. The van der Waals surface area contributed by atoms with E-state index in [1.807, 2.05) is 0 Å². The van der Waals surface area contributed by atoms with Crippen molar-refractivity contribution in [1.82, 2.24) is 20.1 Å². The number of methoxy groups -OCH3 is 1. The molecule has 9 heteroatoms. The molecule has 0 atom stereocenters. The largest absolute Gasteiger partial charge is 0.385 e. The van der Waals surface area contributed by atoms with Crippen molar-refractivity contribution in [3.8, 4) is 0 Å². The quantitative estimate of drug-likeness (QED) is 0.574. The van der Waals surface area contributed by atoms with Gasteiger partial charge in [0.2, 0.25) is 5.95 Å². The maximum absolute atomic E-state index is 6.15. The van der Waals surface area contributed by atoms with Crippen LogP contribution in [0.5, 0.6) is 0 Å². The van der Waals surface area contributed by atoms with E-state index in [-0.39, 0.29) is 0 Å². The molecule has 6 nitrogen and oxygen atoms in total. The monoisotopic (exact) mass is 373 g/mol. The molecule has 1 aromatic carbocycles. The maximum Gasteiger partial charge on any atom is 0.248 e. The number of benzene rings is 1. The first-order valence-corrected chi connectivity index (χ1v) is 8.12. The lowest BCUT2D eigenvalue weighted by Gasteiger charge is -2.08. The molecule has 0 unspecified atom stereocenters. The average molecular weight is 374 g/mol. The number of hydrogen-bond donors (Lipinski definition) is 2. The molecule has 0 fully saturated rings. The molecule has 0 aliphatic rings. The molecule has 0 aliphatic heterocycles. The minimum atomic E-state index is 0.414. The highest BCUT2D eigenvalue weighted by molar-refractivity contribution is 7.80. The molecule has 124 valence electrons. The Balaban J connectivity index is 1.89. The van der Waals surface area contributed by atoms with Gasteiger partial charge in [-0.15, -0.1) is 5.10 Å². The maximum atomic E-state index is 6.15. The second-order valence-corrected chi connectivity index (χ2v) is 5.92. The molecular formula is C14H17Cl2N5OS. The normalized spacial score (nSPS) is 10.6. The van der Waals surface area contributed by atoms with Gasteiger partial charge in [0.25, 0.3) is 0 Å². The summed E-state index contributed by atoms with van der Waals surface area (Å²) in [6, 6.07) is 5.38. The molecule has 2 N–H and O–H groups in total. The zero-order valence-corrected chi connectivity index (χ0v) is 14.9. The Morgan fingerprint density at radius 2 is 2.09 bits per heavy atom. The van der Waals surface area contributed by atoms with Crippen molar-refractivity contribution in [3.63, 3.8) is 0 Å². The molecule has 0 bridgehead atoms. The summed E-state index contributed by atoms with van der Waals surface area (Å²) in [7, 11) is 1.67. The van der Waals surface area contributed by atoms with Gasteiger partial charge in [-0.05, 0) is 30.8 Å². The molecular weight excluding hydrogens is 357 g/mol. The van der Waals surface area contributed by atoms with E-state index in [4.69, 9.17) is 40.2 Å². The zero-order chi connectivity index (χ0) is 16.7. The van der Waals surface area contributed by atoms with Crippen LogP contribution in [0.4, 0.5) is 5.95 Å². The van der Waals surface area contributed by atoms with Crippen molar-refractivity contribution in [3.05, 3.63) is 40.1 Å². The minimum absolute atomic E-state index is 0.414. The van der Waals surface area contributed by atoms with Crippen molar-refractivity contribution < 1.29 is 4.74 Å². The average Bonchev–Trinajstić information content (AvgIpc) is 2.95. The van der Waals surface area contributed by atoms with Gasteiger partial charge >= 0.3 is 0 Å². The van der Waals surface area contributed by atoms with Crippen LogP contribution >= 0.6 is 35.4 Å². The first kappa shape index (κ1) is 17.9. The third-order valence-electron chi connectivity index (χ3n) is 2.95. The van der Waals surface area contributed by atoms with Crippen LogP contribution in [0, 0.1) is 0 Å². The number of thiocarbonyl (C=S) groups is 1. The Hall–Kier alpha value is -1.41. The Morgan fingerprint density at radius 3 is 2.78 bits per heavy atom. The van der Waals surface area contributed by atoms with Gasteiger partial charge in [0.1, 0.15) is 6.33 Å². The van der Waals surface area contributed by atoms with Crippen molar-refractivity contribution >= 4 is 46.5 Å². The second kappa shape index (κ2) is 9.02.